The number of benzene rings is 1. The number of guanidine groups is 1. The molecule has 0 amide bonds. The highest BCUT2D eigenvalue weighted by Gasteiger charge is 2.02. The first-order valence-electron chi connectivity index (χ1n) is 7.64. The maximum atomic E-state index is 5.37. The normalized spacial score (nSPS) is 11.1. The van der Waals surface area contributed by atoms with E-state index in [0.717, 1.165) is 49.3 Å². The molecule has 0 aliphatic carbocycles. The largest absolute Gasteiger partial charge is 0.496 e. The first-order chi connectivity index (χ1) is 10.8. The zero-order valence-corrected chi connectivity index (χ0v) is 14.4. The summed E-state index contributed by atoms with van der Waals surface area (Å²) in [5, 5.41) is 6.63. The van der Waals surface area contributed by atoms with E-state index in [1.807, 2.05) is 36.0 Å². The van der Waals surface area contributed by atoms with E-state index >= 15 is 0 Å². The van der Waals surface area contributed by atoms with Crippen molar-refractivity contribution in [2.75, 3.05) is 38.2 Å². The highest BCUT2D eigenvalue weighted by Crippen LogP contribution is 2.17. The third kappa shape index (κ3) is 7.41. The van der Waals surface area contributed by atoms with Gasteiger partial charge in [-0.15, -0.1) is 6.58 Å². The maximum absolute atomic E-state index is 5.37. The van der Waals surface area contributed by atoms with Gasteiger partial charge in [0.1, 0.15) is 5.75 Å². The van der Waals surface area contributed by atoms with E-state index in [1.54, 1.807) is 7.11 Å². The number of nitrogens with zero attached hydrogens (tertiary/aromatic N) is 1. The Bertz CT molecular complexity index is 463. The Hall–Kier alpha value is -1.62. The highest BCUT2D eigenvalue weighted by atomic mass is 32.2. The topological polar surface area (TPSA) is 45.7 Å². The van der Waals surface area contributed by atoms with Gasteiger partial charge in [-0.2, -0.15) is 11.8 Å². The van der Waals surface area contributed by atoms with E-state index in [2.05, 4.69) is 35.2 Å². The van der Waals surface area contributed by atoms with Crippen LogP contribution >= 0.6 is 11.8 Å². The van der Waals surface area contributed by atoms with Crippen LogP contribution in [0.5, 0.6) is 5.75 Å². The summed E-state index contributed by atoms with van der Waals surface area (Å²) in [5.74, 6) is 3.80. The van der Waals surface area contributed by atoms with Crippen molar-refractivity contribution >= 4 is 17.7 Å². The average Bonchev–Trinajstić information content (AvgIpc) is 2.55. The molecule has 0 unspecified atom stereocenters. The standard InChI is InChI=1S/C17H27N3OS/c1-4-13-22-14-12-20-17(18-5-2)19-11-10-15-8-6-7-9-16(15)21-3/h4,6-9H,1,5,10-14H2,2-3H3,(H2,18,19,20). The van der Waals surface area contributed by atoms with Gasteiger partial charge in [0.05, 0.1) is 13.7 Å². The molecule has 4 nitrogen and oxygen atoms in total. The minimum absolute atomic E-state index is 0.808. The van der Waals surface area contributed by atoms with Crippen LogP contribution in [-0.2, 0) is 6.42 Å². The second-order valence-corrected chi connectivity index (χ2v) is 5.76. The number of hydrogen-bond acceptors (Lipinski definition) is 3. The SMILES string of the molecule is C=CCSCCN=C(NCC)NCCc1ccccc1OC. The molecular formula is C17H27N3OS. The van der Waals surface area contributed by atoms with Crippen LogP contribution in [-0.4, -0.2) is 44.2 Å². The lowest BCUT2D eigenvalue weighted by Gasteiger charge is -2.12. The van der Waals surface area contributed by atoms with E-state index in [4.69, 9.17) is 4.74 Å². The molecule has 122 valence electrons. The lowest BCUT2D eigenvalue weighted by molar-refractivity contribution is 0.409. The molecule has 0 atom stereocenters. The first kappa shape index (κ1) is 18.4. The Labute approximate surface area is 138 Å². The first-order valence-corrected chi connectivity index (χ1v) is 8.80. The number of ether oxygens (including phenoxy) is 1. The van der Waals surface area contributed by atoms with Gasteiger partial charge < -0.3 is 15.4 Å². The number of para-hydroxylation sites is 1. The molecule has 0 bridgehead atoms. The Morgan fingerprint density at radius 1 is 1.36 bits per heavy atom. The molecular weight excluding hydrogens is 294 g/mol. The fourth-order valence-corrected chi connectivity index (χ4v) is 2.51. The van der Waals surface area contributed by atoms with Crippen molar-refractivity contribution in [1.82, 2.24) is 10.6 Å². The number of rotatable bonds is 10. The second-order valence-electron chi connectivity index (χ2n) is 4.61. The summed E-state index contributed by atoms with van der Waals surface area (Å²) in [6.07, 6.45) is 2.82. The predicted octanol–water partition coefficient (Wildman–Crippen LogP) is 2.71. The van der Waals surface area contributed by atoms with Crippen molar-refractivity contribution in [3.8, 4) is 5.75 Å². The van der Waals surface area contributed by atoms with Gasteiger partial charge >= 0.3 is 0 Å². The fourth-order valence-electron chi connectivity index (χ4n) is 1.96. The van der Waals surface area contributed by atoms with Crippen LogP contribution in [0, 0.1) is 0 Å². The van der Waals surface area contributed by atoms with Crippen LogP contribution in [0.1, 0.15) is 12.5 Å². The molecule has 0 spiro atoms. The van der Waals surface area contributed by atoms with Crippen molar-refractivity contribution in [3.63, 3.8) is 0 Å². The lowest BCUT2D eigenvalue weighted by atomic mass is 10.1. The summed E-state index contributed by atoms with van der Waals surface area (Å²) < 4.78 is 5.37. The minimum atomic E-state index is 0.808. The van der Waals surface area contributed by atoms with Gasteiger partial charge in [0.2, 0.25) is 0 Å². The Kier molecular flexibility index (Phi) is 10.0. The summed E-state index contributed by atoms with van der Waals surface area (Å²) in [6, 6.07) is 8.11. The molecule has 1 rings (SSSR count). The third-order valence-corrected chi connectivity index (χ3v) is 3.91. The Balaban J connectivity index is 2.40. The second kappa shape index (κ2) is 12.0. The van der Waals surface area contributed by atoms with Crippen molar-refractivity contribution < 1.29 is 4.74 Å². The summed E-state index contributed by atoms with van der Waals surface area (Å²) in [4.78, 5) is 4.57. The van der Waals surface area contributed by atoms with Gasteiger partial charge in [-0.3, -0.25) is 4.99 Å². The summed E-state index contributed by atoms with van der Waals surface area (Å²) in [5.41, 5.74) is 1.20. The van der Waals surface area contributed by atoms with Crippen molar-refractivity contribution in [2.24, 2.45) is 4.99 Å². The number of aliphatic imine (C=N–C) groups is 1. The number of nitrogens with one attached hydrogen (secondary N) is 2. The minimum Gasteiger partial charge on any atom is -0.496 e. The summed E-state index contributed by atoms with van der Waals surface area (Å²) in [6.45, 7) is 8.28. The summed E-state index contributed by atoms with van der Waals surface area (Å²) in [7, 11) is 1.71. The molecule has 0 heterocycles. The molecule has 0 radical (unpaired) electrons. The van der Waals surface area contributed by atoms with Crippen LogP contribution in [0.4, 0.5) is 0 Å². The zero-order valence-electron chi connectivity index (χ0n) is 13.6. The third-order valence-electron chi connectivity index (χ3n) is 2.96. The van der Waals surface area contributed by atoms with E-state index in [1.165, 1.54) is 5.56 Å². The zero-order chi connectivity index (χ0) is 16.0. The highest BCUT2D eigenvalue weighted by molar-refractivity contribution is 7.99. The number of thioether (sulfide) groups is 1. The molecule has 0 aliphatic rings. The van der Waals surface area contributed by atoms with Crippen molar-refractivity contribution in [3.05, 3.63) is 42.5 Å². The van der Waals surface area contributed by atoms with Crippen molar-refractivity contribution in [1.29, 1.82) is 0 Å². The van der Waals surface area contributed by atoms with Gasteiger partial charge in [0, 0.05) is 24.6 Å². The Morgan fingerprint density at radius 2 is 2.18 bits per heavy atom. The lowest BCUT2D eigenvalue weighted by Crippen LogP contribution is -2.38. The molecule has 1 aromatic carbocycles. The molecule has 22 heavy (non-hydrogen) atoms. The van der Waals surface area contributed by atoms with Gasteiger partial charge in [-0.25, -0.2) is 0 Å². The quantitative estimate of drug-likeness (QED) is 0.301. The monoisotopic (exact) mass is 321 g/mol. The molecule has 2 N–H and O–H groups in total. The van der Waals surface area contributed by atoms with E-state index in [0.29, 0.717) is 0 Å². The van der Waals surface area contributed by atoms with E-state index < -0.39 is 0 Å². The van der Waals surface area contributed by atoms with Gasteiger partial charge in [-0.1, -0.05) is 24.3 Å². The van der Waals surface area contributed by atoms with Gasteiger partial charge in [0.15, 0.2) is 5.96 Å². The molecule has 0 aromatic heterocycles. The van der Waals surface area contributed by atoms with Crippen LogP contribution in [0.3, 0.4) is 0 Å². The van der Waals surface area contributed by atoms with Gasteiger partial charge in [0.25, 0.3) is 0 Å². The number of hydrogen-bond donors (Lipinski definition) is 2. The van der Waals surface area contributed by atoms with Crippen LogP contribution in [0.15, 0.2) is 41.9 Å². The molecule has 1 aromatic rings. The average molecular weight is 321 g/mol. The van der Waals surface area contributed by atoms with E-state index in [9.17, 15) is 0 Å². The maximum Gasteiger partial charge on any atom is 0.191 e. The molecule has 0 saturated heterocycles. The summed E-state index contributed by atoms with van der Waals surface area (Å²) >= 11 is 1.84. The smallest absolute Gasteiger partial charge is 0.191 e. The molecule has 0 fully saturated rings. The van der Waals surface area contributed by atoms with Crippen LogP contribution in [0.25, 0.3) is 0 Å². The Morgan fingerprint density at radius 3 is 2.91 bits per heavy atom. The van der Waals surface area contributed by atoms with Gasteiger partial charge in [-0.05, 0) is 25.0 Å². The van der Waals surface area contributed by atoms with Crippen molar-refractivity contribution in [2.45, 2.75) is 13.3 Å². The van der Waals surface area contributed by atoms with Crippen LogP contribution < -0.4 is 15.4 Å². The fraction of sp³-hybridized carbons (Fsp3) is 0.471. The number of methoxy groups -OCH3 is 1. The molecule has 0 saturated carbocycles. The molecule has 0 aliphatic heterocycles. The molecule has 5 heteroatoms. The van der Waals surface area contributed by atoms with E-state index in [-0.39, 0.29) is 0 Å². The predicted molar refractivity (Wildman–Crippen MR) is 98.2 cm³/mol. The van der Waals surface area contributed by atoms with Crippen LogP contribution in [0.2, 0.25) is 0 Å².